The molecule has 2 aromatic heterocycles. The second-order valence-electron chi connectivity index (χ2n) is 6.78. The molecule has 0 amide bonds. The van der Waals surface area contributed by atoms with Crippen molar-refractivity contribution in [1.29, 1.82) is 0 Å². The third-order valence-corrected chi connectivity index (χ3v) is 6.06. The van der Waals surface area contributed by atoms with Gasteiger partial charge in [-0.05, 0) is 30.3 Å². The summed E-state index contributed by atoms with van der Waals surface area (Å²) in [6.45, 7) is 0. The van der Waals surface area contributed by atoms with Gasteiger partial charge in [0, 0.05) is 38.1 Å². The molecule has 0 aliphatic heterocycles. The normalized spacial score (nSPS) is 11.1. The topological polar surface area (TPSA) is 54.5 Å². The second kappa shape index (κ2) is 8.30. The molecule has 1 N–H and O–H groups in total. The maximum atomic E-state index is 5.98. The highest BCUT2D eigenvalue weighted by Crippen LogP contribution is 2.34. The molecule has 0 bridgehead atoms. The Hall–Kier alpha value is -3.15. The van der Waals surface area contributed by atoms with Gasteiger partial charge in [-0.3, -0.25) is 0 Å². The summed E-state index contributed by atoms with van der Waals surface area (Å²) in [7, 11) is 0. The molecular formula is C24H17ClN4S. The smallest absolute Gasteiger partial charge is 0.161 e. The molecular weight excluding hydrogens is 412 g/mol. The van der Waals surface area contributed by atoms with E-state index in [-0.39, 0.29) is 0 Å². The van der Waals surface area contributed by atoms with E-state index >= 15 is 0 Å². The summed E-state index contributed by atoms with van der Waals surface area (Å²) in [4.78, 5) is 9.39. The van der Waals surface area contributed by atoms with Gasteiger partial charge >= 0.3 is 0 Å². The monoisotopic (exact) mass is 428 g/mol. The first-order chi connectivity index (χ1) is 14.8. The van der Waals surface area contributed by atoms with Gasteiger partial charge in [-0.15, -0.1) is 22.0 Å². The summed E-state index contributed by atoms with van der Waals surface area (Å²) in [6.07, 6.45) is 2.00. The molecule has 3 aromatic carbocycles. The van der Waals surface area contributed by atoms with E-state index < -0.39 is 0 Å². The third-order valence-electron chi connectivity index (χ3n) is 4.80. The van der Waals surface area contributed by atoms with Crippen LogP contribution in [0.15, 0.2) is 90.0 Å². The molecule has 146 valence electrons. The van der Waals surface area contributed by atoms with Crippen molar-refractivity contribution in [2.24, 2.45) is 0 Å². The molecule has 0 spiro atoms. The maximum absolute atomic E-state index is 5.98. The van der Waals surface area contributed by atoms with Gasteiger partial charge in [0.15, 0.2) is 5.82 Å². The van der Waals surface area contributed by atoms with E-state index in [2.05, 4.69) is 27.3 Å². The molecule has 6 heteroatoms. The minimum absolute atomic E-state index is 0.624. The molecule has 5 aromatic rings. The lowest BCUT2D eigenvalue weighted by molar-refractivity contribution is 0.908. The molecule has 0 aliphatic rings. The van der Waals surface area contributed by atoms with Crippen molar-refractivity contribution < 1.29 is 0 Å². The van der Waals surface area contributed by atoms with Crippen LogP contribution < -0.4 is 0 Å². The van der Waals surface area contributed by atoms with Crippen molar-refractivity contribution in [2.75, 3.05) is 0 Å². The molecule has 0 atom stereocenters. The average molecular weight is 429 g/mol. The number of H-pyrrole nitrogens is 1. The minimum Gasteiger partial charge on any atom is -0.360 e. The van der Waals surface area contributed by atoms with E-state index in [4.69, 9.17) is 16.6 Å². The van der Waals surface area contributed by atoms with Crippen LogP contribution in [0, 0.1) is 0 Å². The number of nitrogens with one attached hydrogen (secondary N) is 1. The number of fused-ring (bicyclic) bond motifs is 1. The molecule has 0 saturated carbocycles. The number of aromatic nitrogens is 4. The molecule has 5 rings (SSSR count). The van der Waals surface area contributed by atoms with E-state index in [0.717, 1.165) is 43.3 Å². The van der Waals surface area contributed by atoms with E-state index in [1.807, 2.05) is 72.9 Å². The zero-order chi connectivity index (χ0) is 20.3. The number of halogens is 1. The highest BCUT2D eigenvalue weighted by atomic mass is 35.5. The van der Waals surface area contributed by atoms with Gasteiger partial charge in [-0.1, -0.05) is 60.1 Å². The van der Waals surface area contributed by atoms with Gasteiger partial charge in [-0.25, -0.2) is 4.98 Å². The molecule has 0 aliphatic carbocycles. The first kappa shape index (κ1) is 18.9. The highest BCUT2D eigenvalue weighted by molar-refractivity contribution is 7.98. The Bertz CT molecular complexity index is 1300. The standard InChI is InChI=1S/C24H17ClN4S/c25-17-10-12-18(13-11-17)30-15-22-27-24(20-14-26-21-9-5-4-8-19(20)21)23(29-28-22)16-6-2-1-3-7-16/h1-14,26H,15H2. The number of hydrogen-bond acceptors (Lipinski definition) is 4. The fourth-order valence-electron chi connectivity index (χ4n) is 3.34. The van der Waals surface area contributed by atoms with Crippen LogP contribution in [0.1, 0.15) is 5.82 Å². The molecule has 4 nitrogen and oxygen atoms in total. The number of aromatic amines is 1. The number of rotatable bonds is 5. The Balaban J connectivity index is 1.56. The van der Waals surface area contributed by atoms with Crippen LogP contribution in [0.4, 0.5) is 0 Å². The Morgan fingerprint density at radius 1 is 0.800 bits per heavy atom. The lowest BCUT2D eigenvalue weighted by atomic mass is 10.0. The Morgan fingerprint density at radius 2 is 1.57 bits per heavy atom. The lowest BCUT2D eigenvalue weighted by Gasteiger charge is -2.09. The summed E-state index contributed by atoms with van der Waals surface area (Å²) in [5, 5.41) is 10.8. The van der Waals surface area contributed by atoms with Crippen molar-refractivity contribution >= 4 is 34.3 Å². The zero-order valence-corrected chi connectivity index (χ0v) is 17.5. The number of para-hydroxylation sites is 1. The Morgan fingerprint density at radius 3 is 2.40 bits per heavy atom. The Labute approximate surface area is 183 Å². The van der Waals surface area contributed by atoms with E-state index in [1.165, 1.54) is 0 Å². The van der Waals surface area contributed by atoms with E-state index in [0.29, 0.717) is 11.6 Å². The van der Waals surface area contributed by atoms with Gasteiger partial charge in [0.1, 0.15) is 11.4 Å². The number of hydrogen-bond donors (Lipinski definition) is 1. The van der Waals surface area contributed by atoms with Crippen molar-refractivity contribution in [3.63, 3.8) is 0 Å². The largest absolute Gasteiger partial charge is 0.360 e. The number of nitrogens with zero attached hydrogens (tertiary/aromatic N) is 3. The van der Waals surface area contributed by atoms with Crippen molar-refractivity contribution in [1.82, 2.24) is 20.2 Å². The maximum Gasteiger partial charge on any atom is 0.161 e. The summed E-state index contributed by atoms with van der Waals surface area (Å²) in [6, 6.07) is 26.1. The molecule has 0 unspecified atom stereocenters. The quantitative estimate of drug-likeness (QED) is 0.319. The molecule has 2 heterocycles. The molecule has 0 radical (unpaired) electrons. The van der Waals surface area contributed by atoms with Crippen LogP contribution in [0.3, 0.4) is 0 Å². The Kier molecular flexibility index (Phi) is 5.22. The second-order valence-corrected chi connectivity index (χ2v) is 8.27. The summed E-state index contributed by atoms with van der Waals surface area (Å²) in [5.41, 5.74) is 4.70. The summed E-state index contributed by atoms with van der Waals surface area (Å²) in [5.74, 6) is 1.31. The fourth-order valence-corrected chi connectivity index (χ4v) is 4.22. The third kappa shape index (κ3) is 3.82. The predicted molar refractivity (Wildman–Crippen MR) is 124 cm³/mol. The van der Waals surface area contributed by atoms with Crippen molar-refractivity contribution in [3.05, 3.63) is 95.9 Å². The van der Waals surface area contributed by atoms with Crippen LogP contribution in [0.5, 0.6) is 0 Å². The first-order valence-corrected chi connectivity index (χ1v) is 10.9. The minimum atomic E-state index is 0.624. The molecule has 0 fully saturated rings. The van der Waals surface area contributed by atoms with E-state index in [1.54, 1.807) is 11.8 Å². The van der Waals surface area contributed by atoms with Gasteiger partial charge < -0.3 is 4.98 Å². The van der Waals surface area contributed by atoms with Crippen LogP contribution in [0.25, 0.3) is 33.4 Å². The SMILES string of the molecule is Clc1ccc(SCc2nnc(-c3ccccc3)c(-c3c[nH]c4ccccc34)n2)cc1. The average Bonchev–Trinajstić information content (AvgIpc) is 3.23. The summed E-state index contributed by atoms with van der Waals surface area (Å²) >= 11 is 7.65. The summed E-state index contributed by atoms with van der Waals surface area (Å²) < 4.78 is 0. The van der Waals surface area contributed by atoms with Crippen molar-refractivity contribution in [2.45, 2.75) is 10.6 Å². The van der Waals surface area contributed by atoms with E-state index in [9.17, 15) is 0 Å². The van der Waals surface area contributed by atoms with Crippen molar-refractivity contribution in [3.8, 4) is 22.5 Å². The van der Waals surface area contributed by atoms with Gasteiger partial charge in [-0.2, -0.15) is 0 Å². The van der Waals surface area contributed by atoms with Crippen LogP contribution in [-0.2, 0) is 5.75 Å². The zero-order valence-electron chi connectivity index (χ0n) is 15.9. The van der Waals surface area contributed by atoms with Gasteiger partial charge in [0.2, 0.25) is 0 Å². The highest BCUT2D eigenvalue weighted by Gasteiger charge is 2.17. The lowest BCUT2D eigenvalue weighted by Crippen LogP contribution is -2.02. The predicted octanol–water partition coefficient (Wildman–Crippen LogP) is 6.63. The molecule has 30 heavy (non-hydrogen) atoms. The van der Waals surface area contributed by atoms with Crippen LogP contribution in [-0.4, -0.2) is 20.2 Å². The molecule has 0 saturated heterocycles. The number of thioether (sulfide) groups is 1. The van der Waals surface area contributed by atoms with Gasteiger partial charge in [0.05, 0.1) is 5.75 Å². The van der Waals surface area contributed by atoms with Crippen LogP contribution >= 0.6 is 23.4 Å². The van der Waals surface area contributed by atoms with Crippen LogP contribution in [0.2, 0.25) is 5.02 Å². The van der Waals surface area contributed by atoms with Gasteiger partial charge in [0.25, 0.3) is 0 Å². The first-order valence-electron chi connectivity index (χ1n) is 9.52. The fraction of sp³-hybridized carbons (Fsp3) is 0.0417. The number of benzene rings is 3.